The molecular formula is C4H8BrNaO3S. The van der Waals surface area contributed by atoms with Gasteiger partial charge in [-0.25, -0.2) is 8.42 Å². The van der Waals surface area contributed by atoms with Gasteiger partial charge in [-0.2, -0.15) is 0 Å². The van der Waals surface area contributed by atoms with Crippen molar-refractivity contribution in [3.8, 4) is 0 Å². The first kappa shape index (κ1) is 13.9. The minimum atomic E-state index is -4.04. The third kappa shape index (κ3) is 6.12. The molecule has 0 aromatic heterocycles. The molecule has 1 atom stereocenters. The van der Waals surface area contributed by atoms with Crippen molar-refractivity contribution < 1.29 is 42.5 Å². The molecule has 0 aromatic carbocycles. The van der Waals surface area contributed by atoms with E-state index in [2.05, 4.69) is 15.9 Å². The molecule has 0 fully saturated rings. The molecule has 0 amide bonds. The molecule has 0 heterocycles. The van der Waals surface area contributed by atoms with Crippen LogP contribution in [0.2, 0.25) is 0 Å². The van der Waals surface area contributed by atoms with Gasteiger partial charge in [0.15, 0.2) is 0 Å². The van der Waals surface area contributed by atoms with Crippen molar-refractivity contribution in [2.75, 3.05) is 5.33 Å². The molecule has 10 heavy (non-hydrogen) atoms. The fourth-order valence-corrected chi connectivity index (χ4v) is 1.69. The van der Waals surface area contributed by atoms with E-state index in [9.17, 15) is 13.0 Å². The van der Waals surface area contributed by atoms with Crippen molar-refractivity contribution in [1.29, 1.82) is 0 Å². The van der Waals surface area contributed by atoms with Gasteiger partial charge < -0.3 is 4.55 Å². The minimum Gasteiger partial charge on any atom is -0.748 e. The zero-order chi connectivity index (χ0) is 7.49. The Morgan fingerprint density at radius 2 is 2.00 bits per heavy atom. The largest absolute Gasteiger partial charge is 1.00 e. The second kappa shape index (κ2) is 5.97. The van der Waals surface area contributed by atoms with Crippen LogP contribution in [-0.2, 0) is 10.1 Å². The monoisotopic (exact) mass is 238 g/mol. The van der Waals surface area contributed by atoms with E-state index in [-0.39, 0.29) is 29.6 Å². The van der Waals surface area contributed by atoms with E-state index in [1.165, 1.54) is 6.92 Å². The average Bonchev–Trinajstić information content (AvgIpc) is 1.64. The van der Waals surface area contributed by atoms with Gasteiger partial charge in [0.1, 0.15) is 0 Å². The molecule has 0 radical (unpaired) electrons. The minimum absolute atomic E-state index is 0. The maximum absolute atomic E-state index is 10.1. The third-order valence-corrected chi connectivity index (χ3v) is 2.69. The van der Waals surface area contributed by atoms with Crippen LogP contribution in [0.3, 0.4) is 0 Å². The predicted molar refractivity (Wildman–Crippen MR) is 37.6 cm³/mol. The maximum Gasteiger partial charge on any atom is 1.00 e. The molecule has 0 saturated carbocycles. The van der Waals surface area contributed by atoms with Gasteiger partial charge in [0.2, 0.25) is 0 Å². The molecule has 0 N–H and O–H groups in total. The first-order valence-corrected chi connectivity index (χ1v) is 5.08. The average molecular weight is 239 g/mol. The van der Waals surface area contributed by atoms with Gasteiger partial charge in [-0.05, 0) is 13.3 Å². The summed E-state index contributed by atoms with van der Waals surface area (Å²) in [4.78, 5) is 0. The van der Waals surface area contributed by atoms with Crippen molar-refractivity contribution in [3.05, 3.63) is 0 Å². The molecule has 0 aromatic rings. The van der Waals surface area contributed by atoms with E-state index in [0.29, 0.717) is 11.8 Å². The van der Waals surface area contributed by atoms with Crippen molar-refractivity contribution >= 4 is 26.0 Å². The topological polar surface area (TPSA) is 57.2 Å². The van der Waals surface area contributed by atoms with Crippen LogP contribution in [0.25, 0.3) is 0 Å². The summed E-state index contributed by atoms with van der Waals surface area (Å²) < 4.78 is 30.4. The Kier molecular flexibility index (Phi) is 8.32. The molecule has 56 valence electrons. The Morgan fingerprint density at radius 1 is 1.60 bits per heavy atom. The Hall–Kier alpha value is 1.39. The Balaban J connectivity index is 0. The maximum atomic E-state index is 10.1. The number of halogens is 1. The van der Waals surface area contributed by atoms with E-state index >= 15 is 0 Å². The van der Waals surface area contributed by atoms with E-state index < -0.39 is 15.4 Å². The first-order chi connectivity index (χ1) is 3.98. The zero-order valence-electron chi connectivity index (χ0n) is 6.00. The molecule has 0 spiro atoms. The Bertz CT molecular complexity index is 167. The molecule has 0 bridgehead atoms. The van der Waals surface area contributed by atoms with Crippen molar-refractivity contribution in [1.82, 2.24) is 0 Å². The zero-order valence-corrected chi connectivity index (χ0v) is 10.4. The van der Waals surface area contributed by atoms with Gasteiger partial charge in [0, 0.05) is 10.6 Å². The fraction of sp³-hybridized carbons (Fsp3) is 1.00. The van der Waals surface area contributed by atoms with Crippen LogP contribution in [0.4, 0.5) is 0 Å². The smallest absolute Gasteiger partial charge is 0.748 e. The fourth-order valence-electron chi connectivity index (χ4n) is 0.298. The molecule has 0 rings (SSSR count). The molecular weight excluding hydrogens is 231 g/mol. The van der Waals surface area contributed by atoms with Crippen LogP contribution in [0.15, 0.2) is 0 Å². The Morgan fingerprint density at radius 3 is 2.10 bits per heavy atom. The van der Waals surface area contributed by atoms with Gasteiger partial charge in [0.05, 0.1) is 10.1 Å². The van der Waals surface area contributed by atoms with Crippen LogP contribution in [-0.4, -0.2) is 23.6 Å². The van der Waals surface area contributed by atoms with E-state index in [1.807, 2.05) is 0 Å². The summed E-state index contributed by atoms with van der Waals surface area (Å²) in [6.45, 7) is 1.41. The van der Waals surface area contributed by atoms with Crippen molar-refractivity contribution in [2.24, 2.45) is 0 Å². The summed E-state index contributed by atoms with van der Waals surface area (Å²) >= 11 is 3.04. The summed E-state index contributed by atoms with van der Waals surface area (Å²) in [5, 5.41) is -0.216. The summed E-state index contributed by atoms with van der Waals surface area (Å²) in [6, 6.07) is 0. The van der Waals surface area contributed by atoms with Gasteiger partial charge >= 0.3 is 29.6 Å². The number of alkyl halides is 1. The molecule has 0 saturated heterocycles. The van der Waals surface area contributed by atoms with Gasteiger partial charge in [-0.1, -0.05) is 15.9 Å². The van der Waals surface area contributed by atoms with E-state index in [1.54, 1.807) is 0 Å². The van der Waals surface area contributed by atoms with Gasteiger partial charge in [-0.15, -0.1) is 0 Å². The SMILES string of the molecule is CC(CCBr)S(=O)(=O)[O-].[Na+]. The number of hydrogen-bond acceptors (Lipinski definition) is 3. The molecule has 0 aliphatic carbocycles. The van der Waals surface area contributed by atoms with Gasteiger partial charge in [0.25, 0.3) is 0 Å². The number of rotatable bonds is 3. The van der Waals surface area contributed by atoms with Crippen molar-refractivity contribution in [2.45, 2.75) is 18.6 Å². The van der Waals surface area contributed by atoms with E-state index in [0.717, 1.165) is 0 Å². The standard InChI is InChI=1S/C4H9BrO3S.Na/c1-4(2-3-5)9(6,7)8;/h4H,2-3H2,1H3,(H,6,7,8);/q;+1/p-1. The predicted octanol–water partition coefficient (Wildman–Crippen LogP) is -2.29. The van der Waals surface area contributed by atoms with E-state index in [4.69, 9.17) is 0 Å². The van der Waals surface area contributed by atoms with Gasteiger partial charge in [-0.3, -0.25) is 0 Å². The number of hydrogen-bond donors (Lipinski definition) is 0. The quantitative estimate of drug-likeness (QED) is 0.316. The molecule has 1 unspecified atom stereocenters. The normalized spacial score (nSPS) is 13.9. The summed E-state index contributed by atoms with van der Waals surface area (Å²) in [5.74, 6) is 0. The summed E-state index contributed by atoms with van der Waals surface area (Å²) in [6.07, 6.45) is 0.381. The third-order valence-electron chi connectivity index (χ3n) is 1.01. The van der Waals surface area contributed by atoms with Crippen LogP contribution in [0, 0.1) is 0 Å². The van der Waals surface area contributed by atoms with Crippen LogP contribution in [0.1, 0.15) is 13.3 Å². The van der Waals surface area contributed by atoms with Crippen LogP contribution < -0.4 is 29.6 Å². The van der Waals surface area contributed by atoms with Crippen LogP contribution in [0.5, 0.6) is 0 Å². The summed E-state index contributed by atoms with van der Waals surface area (Å²) in [7, 11) is -4.04. The second-order valence-corrected chi connectivity index (χ2v) is 4.36. The molecule has 0 aliphatic heterocycles. The van der Waals surface area contributed by atoms with Crippen molar-refractivity contribution in [3.63, 3.8) is 0 Å². The molecule has 0 aliphatic rings. The molecule has 6 heteroatoms. The summed E-state index contributed by atoms with van der Waals surface area (Å²) in [5.41, 5.74) is 0. The first-order valence-electron chi connectivity index (χ1n) is 2.49. The second-order valence-electron chi connectivity index (χ2n) is 1.78. The molecule has 3 nitrogen and oxygen atoms in total. The Labute approximate surface area is 91.7 Å². The van der Waals surface area contributed by atoms with Crippen LogP contribution >= 0.6 is 15.9 Å².